The average molecular weight is 509 g/mol. The second-order valence-electron chi connectivity index (χ2n) is 5.20. The van der Waals surface area contributed by atoms with Crippen molar-refractivity contribution < 1.29 is 38.0 Å². The Balaban J connectivity index is 0.00000132. The molecule has 124 valence electrons. The molecular weight excluding hydrogens is 489 g/mol. The molecule has 0 aliphatic heterocycles. The molecule has 0 amide bonds. The Kier molecular flexibility index (Phi) is 8.71. The monoisotopic (exact) mass is 508 g/mol. The molecule has 3 nitrogen and oxygen atoms in total. The fourth-order valence-corrected chi connectivity index (χ4v) is 2.77. The van der Waals surface area contributed by atoms with E-state index in [2.05, 4.69) is 64.6 Å². The third-order valence-corrected chi connectivity index (χ3v) is 3.74. The van der Waals surface area contributed by atoms with Crippen LogP contribution in [-0.4, -0.2) is 19.6 Å². The van der Waals surface area contributed by atoms with E-state index in [9.17, 15) is 0 Å². The van der Waals surface area contributed by atoms with Crippen LogP contribution in [-0.2, 0) is 27.6 Å². The van der Waals surface area contributed by atoms with Gasteiger partial charge in [-0.1, -0.05) is 30.3 Å². The van der Waals surface area contributed by atoms with Gasteiger partial charge < -0.3 is 23.5 Å². The topological polar surface area (TPSA) is 41.8 Å². The standard InChI is InChI=1S/C18H20N3.ClH.Pt/c19-10-12-20-11-5-13-21-14-15-6-1-2-7-16(15)17-8-3-4-9-18(17)21;;/h1-4,6-9,14,19H,5,10-13H2;1H;/q-1;;+2/p-1. The summed E-state index contributed by atoms with van der Waals surface area (Å²) in [5.41, 5.74) is 8.38. The first kappa shape index (κ1) is 20.1. The molecule has 23 heavy (non-hydrogen) atoms. The van der Waals surface area contributed by atoms with Crippen molar-refractivity contribution in [3.8, 4) is 0 Å². The van der Waals surface area contributed by atoms with Crippen molar-refractivity contribution >= 4 is 21.7 Å². The van der Waals surface area contributed by atoms with E-state index >= 15 is 0 Å². The number of hydrogen-bond donors (Lipinski definition) is 0. The van der Waals surface area contributed by atoms with Crippen LogP contribution in [0.4, 0.5) is 0 Å². The third-order valence-electron chi connectivity index (χ3n) is 3.74. The molecule has 0 aliphatic rings. The minimum absolute atomic E-state index is 0. The van der Waals surface area contributed by atoms with Gasteiger partial charge in [0.2, 0.25) is 5.52 Å². The molecule has 3 rings (SSSR count). The summed E-state index contributed by atoms with van der Waals surface area (Å²) in [4.78, 5) is 0. The summed E-state index contributed by atoms with van der Waals surface area (Å²) in [7, 11) is 0. The van der Waals surface area contributed by atoms with E-state index in [4.69, 9.17) is 5.73 Å². The molecule has 0 saturated carbocycles. The molecule has 1 heterocycles. The minimum atomic E-state index is 0. The maximum atomic E-state index is 7.10. The maximum absolute atomic E-state index is 7.10. The number of para-hydroxylation sites is 1. The normalized spacial score (nSPS) is 10.3. The molecule has 0 bridgehead atoms. The van der Waals surface area contributed by atoms with E-state index in [1.807, 2.05) is 0 Å². The fourth-order valence-electron chi connectivity index (χ4n) is 2.77. The van der Waals surface area contributed by atoms with Gasteiger partial charge in [0.15, 0.2) is 6.20 Å². The van der Waals surface area contributed by atoms with Gasteiger partial charge in [-0.3, -0.25) is 0 Å². The van der Waals surface area contributed by atoms with Gasteiger partial charge in [-0.2, -0.15) is 17.7 Å². The molecule has 0 spiro atoms. The van der Waals surface area contributed by atoms with E-state index in [1.165, 1.54) is 21.7 Å². The van der Waals surface area contributed by atoms with Crippen LogP contribution < -0.4 is 17.0 Å². The first-order valence-electron chi connectivity index (χ1n) is 7.48. The van der Waals surface area contributed by atoms with Gasteiger partial charge in [0, 0.05) is 16.8 Å². The minimum Gasteiger partial charge on any atom is -1.00 e. The number of nitrogens with one attached hydrogen (secondary N) is 1. The predicted octanol–water partition coefficient (Wildman–Crippen LogP) is 1.10. The van der Waals surface area contributed by atoms with Crippen molar-refractivity contribution in [1.82, 2.24) is 0 Å². The van der Waals surface area contributed by atoms with E-state index in [0.717, 1.165) is 19.5 Å². The van der Waals surface area contributed by atoms with Crippen molar-refractivity contribution in [2.45, 2.75) is 13.0 Å². The van der Waals surface area contributed by atoms with Crippen LogP contribution in [0.15, 0.2) is 54.7 Å². The second-order valence-corrected chi connectivity index (χ2v) is 5.20. The first-order valence-corrected chi connectivity index (χ1v) is 7.48. The smallest absolute Gasteiger partial charge is 1.00 e. The van der Waals surface area contributed by atoms with E-state index in [1.54, 1.807) is 0 Å². The zero-order valence-corrected chi connectivity index (χ0v) is 15.8. The second kappa shape index (κ2) is 9.99. The summed E-state index contributed by atoms with van der Waals surface area (Å²) in [5.74, 6) is 0. The molecule has 1 aromatic heterocycles. The van der Waals surface area contributed by atoms with Gasteiger partial charge in [0.05, 0.1) is 5.39 Å². The van der Waals surface area contributed by atoms with Crippen LogP contribution >= 0.6 is 0 Å². The van der Waals surface area contributed by atoms with Crippen molar-refractivity contribution in [2.75, 3.05) is 19.6 Å². The summed E-state index contributed by atoms with van der Waals surface area (Å²) in [6, 6.07) is 17.1. The summed E-state index contributed by atoms with van der Waals surface area (Å²) < 4.78 is 2.33. The Hall–Kier alpha value is -0.992. The number of fused-ring (bicyclic) bond motifs is 3. The number of aryl methyl sites for hydroxylation is 1. The number of pyridine rings is 1. The van der Waals surface area contributed by atoms with Gasteiger partial charge in [0.1, 0.15) is 6.54 Å². The van der Waals surface area contributed by atoms with Crippen LogP contribution in [0, 0.1) is 0 Å². The van der Waals surface area contributed by atoms with E-state index in [-0.39, 0.29) is 33.5 Å². The summed E-state index contributed by atoms with van der Waals surface area (Å²) in [6.07, 6.45) is 3.26. The SMILES string of the molecule is [Cl-].[NH-]CC[N-]CCC[n+]1cc2ccccc2c2ccccc21.[Pt+2]. The van der Waals surface area contributed by atoms with Gasteiger partial charge in [-0.15, -0.1) is 6.54 Å². The van der Waals surface area contributed by atoms with E-state index < -0.39 is 0 Å². The van der Waals surface area contributed by atoms with Crippen LogP contribution in [0.2, 0.25) is 0 Å². The number of halogens is 1. The average Bonchev–Trinajstić information content (AvgIpc) is 2.54. The quantitative estimate of drug-likeness (QED) is 0.272. The Morgan fingerprint density at radius 2 is 1.61 bits per heavy atom. The summed E-state index contributed by atoms with van der Waals surface area (Å²) >= 11 is 0. The number of nitrogens with zero attached hydrogens (tertiary/aromatic N) is 2. The maximum Gasteiger partial charge on any atom is 2.00 e. The molecule has 0 fully saturated rings. The fraction of sp³-hybridized carbons (Fsp3) is 0.278. The van der Waals surface area contributed by atoms with Crippen LogP contribution in [0.3, 0.4) is 0 Å². The zero-order valence-electron chi connectivity index (χ0n) is 12.8. The van der Waals surface area contributed by atoms with Crippen molar-refractivity contribution in [1.29, 1.82) is 0 Å². The molecule has 3 aromatic rings. The largest absolute Gasteiger partial charge is 2.00 e. The van der Waals surface area contributed by atoms with Crippen LogP contribution in [0.1, 0.15) is 6.42 Å². The zero-order chi connectivity index (χ0) is 14.5. The predicted molar refractivity (Wildman–Crippen MR) is 88.5 cm³/mol. The van der Waals surface area contributed by atoms with Crippen molar-refractivity contribution in [3.63, 3.8) is 0 Å². The summed E-state index contributed by atoms with van der Waals surface area (Å²) in [6.45, 7) is 2.86. The van der Waals surface area contributed by atoms with Gasteiger partial charge >= 0.3 is 21.1 Å². The van der Waals surface area contributed by atoms with Crippen LogP contribution in [0.25, 0.3) is 32.7 Å². The van der Waals surface area contributed by atoms with Gasteiger partial charge in [-0.25, -0.2) is 0 Å². The third kappa shape index (κ3) is 4.74. The Morgan fingerprint density at radius 1 is 0.913 bits per heavy atom. The molecule has 5 heteroatoms. The molecule has 1 N–H and O–H groups in total. The molecular formula is C18H20ClN3Pt. The summed E-state index contributed by atoms with van der Waals surface area (Å²) in [5, 5.41) is 8.24. The van der Waals surface area contributed by atoms with E-state index in [0.29, 0.717) is 13.1 Å². The van der Waals surface area contributed by atoms with Crippen LogP contribution in [0.5, 0.6) is 0 Å². The first-order chi connectivity index (χ1) is 10.4. The number of benzene rings is 2. The number of hydrogen-bond acceptors (Lipinski definition) is 0. The van der Waals surface area contributed by atoms with Crippen molar-refractivity contribution in [2.24, 2.45) is 0 Å². The number of rotatable bonds is 6. The molecule has 0 saturated heterocycles. The molecule has 2 aromatic carbocycles. The Morgan fingerprint density at radius 3 is 2.39 bits per heavy atom. The molecule has 0 radical (unpaired) electrons. The molecule has 0 aliphatic carbocycles. The Labute approximate surface area is 157 Å². The van der Waals surface area contributed by atoms with Crippen molar-refractivity contribution in [3.05, 3.63) is 65.8 Å². The Bertz CT molecular complexity index is 749. The van der Waals surface area contributed by atoms with Gasteiger partial charge in [-0.05, 0) is 18.6 Å². The molecule has 0 atom stereocenters. The number of aromatic nitrogens is 1. The molecule has 0 unspecified atom stereocenters. The van der Waals surface area contributed by atoms with Gasteiger partial charge in [0.25, 0.3) is 0 Å².